The van der Waals surface area contributed by atoms with Gasteiger partial charge in [-0.15, -0.1) is 0 Å². The maximum Gasteiger partial charge on any atom is 0.194 e. The van der Waals surface area contributed by atoms with Crippen molar-refractivity contribution in [3.05, 3.63) is 59.9 Å². The molecule has 118 valence electrons. The number of hydrogen-bond donors (Lipinski definition) is 0. The molecule has 2 heteroatoms. The summed E-state index contributed by atoms with van der Waals surface area (Å²) < 4.78 is 5.57. The molecule has 0 bridgehead atoms. The Morgan fingerprint density at radius 1 is 1.04 bits per heavy atom. The quantitative estimate of drug-likeness (QED) is 0.554. The first kappa shape index (κ1) is 15.5. The number of rotatable bonds is 4. The zero-order valence-corrected chi connectivity index (χ0v) is 14.1. The van der Waals surface area contributed by atoms with Crippen molar-refractivity contribution >= 4 is 16.8 Å². The van der Waals surface area contributed by atoms with Crippen LogP contribution < -0.4 is 0 Å². The molecule has 0 aliphatic carbocycles. The zero-order valence-electron chi connectivity index (χ0n) is 14.1. The molecule has 0 radical (unpaired) electrons. The third kappa shape index (κ3) is 2.94. The largest absolute Gasteiger partial charge is 0.453 e. The van der Waals surface area contributed by atoms with Crippen molar-refractivity contribution in [2.45, 2.75) is 39.5 Å². The molecular formula is C21H22O2. The molecule has 23 heavy (non-hydrogen) atoms. The van der Waals surface area contributed by atoms with Gasteiger partial charge in [0.05, 0.1) is 0 Å². The normalized spacial score (nSPS) is 11.8. The molecule has 2 nitrogen and oxygen atoms in total. The summed E-state index contributed by atoms with van der Waals surface area (Å²) in [5.74, 6) is 0.368. The molecular weight excluding hydrogens is 284 g/mol. The SMILES string of the molecule is CCC(C)(C)c1cccc(-c2ccc3oc(C(C)=O)cc3c2)c1. The van der Waals surface area contributed by atoms with Crippen molar-refractivity contribution < 1.29 is 9.21 Å². The minimum Gasteiger partial charge on any atom is -0.453 e. The van der Waals surface area contributed by atoms with E-state index < -0.39 is 0 Å². The molecule has 0 unspecified atom stereocenters. The van der Waals surface area contributed by atoms with Crippen LogP contribution in [0.2, 0.25) is 0 Å². The van der Waals surface area contributed by atoms with Crippen molar-refractivity contribution in [3.8, 4) is 11.1 Å². The second-order valence-electron chi connectivity index (χ2n) is 6.74. The van der Waals surface area contributed by atoms with Crippen molar-refractivity contribution in [2.75, 3.05) is 0 Å². The average Bonchev–Trinajstić information content (AvgIpc) is 2.98. The molecule has 2 aromatic carbocycles. The van der Waals surface area contributed by atoms with Crippen LogP contribution >= 0.6 is 0 Å². The van der Waals surface area contributed by atoms with E-state index in [-0.39, 0.29) is 11.2 Å². The lowest BCUT2D eigenvalue weighted by Gasteiger charge is -2.24. The summed E-state index contributed by atoms with van der Waals surface area (Å²) in [6, 6.07) is 16.6. The molecule has 0 saturated heterocycles. The van der Waals surface area contributed by atoms with Gasteiger partial charge < -0.3 is 4.42 Å². The van der Waals surface area contributed by atoms with Gasteiger partial charge in [-0.25, -0.2) is 0 Å². The first-order chi connectivity index (χ1) is 10.9. The summed E-state index contributed by atoms with van der Waals surface area (Å²) in [7, 11) is 0. The minimum absolute atomic E-state index is 0.0468. The molecule has 3 rings (SSSR count). The van der Waals surface area contributed by atoms with E-state index in [1.165, 1.54) is 18.1 Å². The number of hydrogen-bond acceptors (Lipinski definition) is 2. The van der Waals surface area contributed by atoms with Gasteiger partial charge in [0.2, 0.25) is 0 Å². The molecule has 0 atom stereocenters. The van der Waals surface area contributed by atoms with Crippen LogP contribution in [0.15, 0.2) is 52.9 Å². The van der Waals surface area contributed by atoms with E-state index in [1.54, 1.807) is 0 Å². The van der Waals surface area contributed by atoms with Crippen LogP contribution in [0, 0.1) is 0 Å². The number of fused-ring (bicyclic) bond motifs is 1. The summed E-state index contributed by atoms with van der Waals surface area (Å²) in [6.07, 6.45) is 1.10. The summed E-state index contributed by atoms with van der Waals surface area (Å²) in [4.78, 5) is 11.5. The Balaban J connectivity index is 2.06. The fraction of sp³-hybridized carbons (Fsp3) is 0.286. The number of benzene rings is 2. The number of furan rings is 1. The maximum absolute atomic E-state index is 11.5. The van der Waals surface area contributed by atoms with E-state index in [0.29, 0.717) is 5.76 Å². The van der Waals surface area contributed by atoms with Gasteiger partial charge in [-0.2, -0.15) is 0 Å². The number of ketones is 1. The molecule has 1 aromatic heterocycles. The van der Waals surface area contributed by atoms with Crippen molar-refractivity contribution in [2.24, 2.45) is 0 Å². The van der Waals surface area contributed by atoms with Gasteiger partial charge in [0.25, 0.3) is 0 Å². The monoisotopic (exact) mass is 306 g/mol. The van der Waals surface area contributed by atoms with Crippen molar-refractivity contribution in [1.82, 2.24) is 0 Å². The van der Waals surface area contributed by atoms with Crippen LogP contribution in [0.3, 0.4) is 0 Å². The van der Waals surface area contributed by atoms with Crippen LogP contribution in [-0.4, -0.2) is 5.78 Å². The summed E-state index contributed by atoms with van der Waals surface area (Å²) in [5.41, 5.74) is 4.59. The highest BCUT2D eigenvalue weighted by Gasteiger charge is 2.18. The summed E-state index contributed by atoms with van der Waals surface area (Å²) >= 11 is 0. The van der Waals surface area contributed by atoms with Crippen molar-refractivity contribution in [1.29, 1.82) is 0 Å². The molecule has 0 aliphatic heterocycles. The molecule has 0 amide bonds. The van der Waals surface area contributed by atoms with Gasteiger partial charge in [-0.1, -0.05) is 51.1 Å². The molecule has 3 aromatic rings. The number of carbonyl (C=O) groups excluding carboxylic acids is 1. The fourth-order valence-corrected chi connectivity index (χ4v) is 2.72. The Labute approximate surface area is 137 Å². The van der Waals surface area contributed by atoms with Gasteiger partial charge in [0.15, 0.2) is 11.5 Å². The highest BCUT2D eigenvalue weighted by Crippen LogP contribution is 2.32. The first-order valence-electron chi connectivity index (χ1n) is 8.06. The Kier molecular flexibility index (Phi) is 3.85. The third-order valence-electron chi connectivity index (χ3n) is 4.72. The van der Waals surface area contributed by atoms with Gasteiger partial charge >= 0.3 is 0 Å². The van der Waals surface area contributed by atoms with Gasteiger partial charge in [-0.05, 0) is 46.7 Å². The average molecular weight is 306 g/mol. The Bertz CT molecular complexity index is 868. The smallest absolute Gasteiger partial charge is 0.194 e. The van der Waals surface area contributed by atoms with Gasteiger partial charge in [0.1, 0.15) is 5.58 Å². The topological polar surface area (TPSA) is 30.2 Å². The Hall–Kier alpha value is -2.35. The van der Waals surface area contributed by atoms with Gasteiger partial charge in [0, 0.05) is 12.3 Å². The number of carbonyl (C=O) groups is 1. The lowest BCUT2D eigenvalue weighted by molar-refractivity contribution is 0.0989. The van der Waals surface area contributed by atoms with E-state index >= 15 is 0 Å². The second kappa shape index (κ2) is 5.69. The molecule has 0 N–H and O–H groups in total. The molecule has 0 saturated carbocycles. The van der Waals surface area contributed by atoms with Crippen LogP contribution in [0.4, 0.5) is 0 Å². The lowest BCUT2D eigenvalue weighted by Crippen LogP contribution is -2.15. The predicted molar refractivity (Wildman–Crippen MR) is 95.0 cm³/mol. The molecule has 1 heterocycles. The molecule has 0 spiro atoms. The Morgan fingerprint density at radius 2 is 1.78 bits per heavy atom. The van der Waals surface area contributed by atoms with Crippen LogP contribution in [0.5, 0.6) is 0 Å². The van der Waals surface area contributed by atoms with E-state index in [2.05, 4.69) is 51.1 Å². The third-order valence-corrected chi connectivity index (χ3v) is 4.72. The summed E-state index contributed by atoms with van der Waals surface area (Å²) in [5, 5.41) is 0.966. The summed E-state index contributed by atoms with van der Waals surface area (Å²) in [6.45, 7) is 8.28. The maximum atomic E-state index is 11.5. The lowest BCUT2D eigenvalue weighted by atomic mass is 9.81. The van der Waals surface area contributed by atoms with Crippen LogP contribution in [-0.2, 0) is 5.41 Å². The van der Waals surface area contributed by atoms with Gasteiger partial charge in [-0.3, -0.25) is 4.79 Å². The Morgan fingerprint density at radius 3 is 2.48 bits per heavy atom. The predicted octanol–water partition coefficient (Wildman–Crippen LogP) is 5.99. The van der Waals surface area contributed by atoms with E-state index in [9.17, 15) is 4.79 Å². The van der Waals surface area contributed by atoms with E-state index in [1.807, 2.05) is 18.2 Å². The highest BCUT2D eigenvalue weighted by molar-refractivity contribution is 5.96. The number of Topliss-reactive ketones (excluding diaryl/α,β-unsaturated/α-hetero) is 1. The zero-order chi connectivity index (χ0) is 16.6. The fourth-order valence-electron chi connectivity index (χ4n) is 2.72. The highest BCUT2D eigenvalue weighted by atomic mass is 16.3. The molecule has 0 fully saturated rings. The minimum atomic E-state index is -0.0468. The molecule has 0 aliphatic rings. The van der Waals surface area contributed by atoms with Crippen molar-refractivity contribution in [3.63, 3.8) is 0 Å². The van der Waals surface area contributed by atoms with Crippen LogP contribution in [0.25, 0.3) is 22.1 Å². The van der Waals surface area contributed by atoms with E-state index in [0.717, 1.165) is 23.0 Å². The second-order valence-corrected chi connectivity index (χ2v) is 6.74. The first-order valence-corrected chi connectivity index (χ1v) is 8.06. The van der Waals surface area contributed by atoms with Crippen LogP contribution in [0.1, 0.15) is 50.2 Å². The standard InChI is InChI=1S/C21H22O2/c1-5-21(3,4)18-8-6-7-15(12-18)16-9-10-19-17(11-16)13-20(23-19)14(2)22/h6-13H,5H2,1-4H3. The van der Waals surface area contributed by atoms with E-state index in [4.69, 9.17) is 4.42 Å².